The van der Waals surface area contributed by atoms with Gasteiger partial charge in [-0.3, -0.25) is 4.79 Å². The number of nitrogens with zero attached hydrogens (tertiary/aromatic N) is 5. The Morgan fingerprint density at radius 3 is 2.21 bits per heavy atom. The third-order valence-corrected chi connectivity index (χ3v) is 7.24. The number of benzene rings is 1. The monoisotopic (exact) mass is 621 g/mol. The molecule has 1 aromatic carbocycles. The normalized spacial score (nSPS) is 11.6. The zero-order chi connectivity index (χ0) is 31.5. The molecule has 4 rings (SSSR count). The van der Waals surface area contributed by atoms with E-state index in [0.717, 1.165) is 10.7 Å². The fraction of sp³-hybridized carbons (Fsp3) is 0.269. The average Bonchev–Trinajstić information content (AvgIpc) is 3.38. The van der Waals surface area contributed by atoms with Gasteiger partial charge in [-0.2, -0.15) is 23.3 Å². The van der Waals surface area contributed by atoms with Gasteiger partial charge in [0.05, 0.1) is 27.1 Å². The van der Waals surface area contributed by atoms with Crippen LogP contribution in [0.5, 0.6) is 17.4 Å². The Bertz CT molecular complexity index is 1760. The first kappa shape index (κ1) is 31.0. The molecule has 3 aromatic heterocycles. The maximum Gasteiger partial charge on any atom is 0.435 e. The Morgan fingerprint density at radius 2 is 1.65 bits per heavy atom. The van der Waals surface area contributed by atoms with Crippen molar-refractivity contribution in [2.24, 2.45) is 0 Å². The zero-order valence-corrected chi connectivity index (χ0v) is 24.3. The molecule has 0 radical (unpaired) electrons. The van der Waals surface area contributed by atoms with Crippen LogP contribution in [-0.2, 0) is 16.2 Å². The second kappa shape index (κ2) is 12.1. The summed E-state index contributed by atoms with van der Waals surface area (Å²) in [5, 5.41) is 6.69. The number of alkyl halides is 3. The summed E-state index contributed by atoms with van der Waals surface area (Å²) >= 11 is 0. The maximum absolute atomic E-state index is 13.6. The van der Waals surface area contributed by atoms with Gasteiger partial charge in [0.2, 0.25) is 21.9 Å². The van der Waals surface area contributed by atoms with Crippen molar-refractivity contribution in [2.75, 3.05) is 32.4 Å². The van der Waals surface area contributed by atoms with Crippen molar-refractivity contribution in [3.63, 3.8) is 0 Å². The zero-order valence-electron chi connectivity index (χ0n) is 23.5. The number of ether oxygens (including phenoxy) is 3. The number of carbonyl (C=O) groups excluding carboxylic acids is 1. The standard InChI is InChI=1S/C26H26F3N7O6S/c1-6-43(38,39)35-23(37)19-8-15(12-30-24(19)42-5)20-13-31-25(32-16-9-17(40-3)11-18(10-16)41-4)33-22(20)36-14(2)7-21(34-36)26(27,28)29/h7-13H,6H2,1-5H3,(H,35,37)(H,31,32,33). The number of hydrogen-bond acceptors (Lipinski definition) is 11. The second-order valence-corrected chi connectivity index (χ2v) is 10.9. The molecule has 0 bridgehead atoms. The Hall–Kier alpha value is -4.93. The van der Waals surface area contributed by atoms with E-state index < -0.39 is 27.8 Å². The molecule has 0 spiro atoms. The van der Waals surface area contributed by atoms with E-state index >= 15 is 0 Å². The smallest absolute Gasteiger partial charge is 0.435 e. The van der Waals surface area contributed by atoms with Crippen LogP contribution in [0.1, 0.15) is 28.7 Å². The third-order valence-electron chi connectivity index (χ3n) is 5.98. The number of halogens is 3. The van der Waals surface area contributed by atoms with Gasteiger partial charge in [0.25, 0.3) is 5.91 Å². The molecule has 3 heterocycles. The fourth-order valence-corrected chi connectivity index (χ4v) is 4.36. The Kier molecular flexibility index (Phi) is 8.75. The Morgan fingerprint density at radius 1 is 0.977 bits per heavy atom. The molecule has 4 aromatic rings. The number of sulfonamides is 1. The minimum Gasteiger partial charge on any atom is -0.497 e. The van der Waals surface area contributed by atoms with Gasteiger partial charge in [0, 0.05) is 53.1 Å². The quantitative estimate of drug-likeness (QED) is 0.264. The summed E-state index contributed by atoms with van der Waals surface area (Å²) in [6.07, 6.45) is -2.17. The van der Waals surface area contributed by atoms with Gasteiger partial charge in [-0.25, -0.2) is 27.8 Å². The van der Waals surface area contributed by atoms with Gasteiger partial charge in [-0.05, 0) is 26.0 Å². The predicted molar refractivity (Wildman–Crippen MR) is 148 cm³/mol. The van der Waals surface area contributed by atoms with E-state index in [-0.39, 0.29) is 45.8 Å². The van der Waals surface area contributed by atoms with Crippen LogP contribution in [0.25, 0.3) is 16.9 Å². The van der Waals surface area contributed by atoms with E-state index in [4.69, 9.17) is 14.2 Å². The maximum atomic E-state index is 13.6. The lowest BCUT2D eigenvalue weighted by Crippen LogP contribution is -2.32. The van der Waals surface area contributed by atoms with Crippen molar-refractivity contribution in [3.8, 4) is 34.3 Å². The molecule has 0 fully saturated rings. The number of amides is 1. The van der Waals surface area contributed by atoms with E-state index in [0.29, 0.717) is 17.2 Å². The van der Waals surface area contributed by atoms with Crippen LogP contribution >= 0.6 is 0 Å². The van der Waals surface area contributed by atoms with Crippen LogP contribution in [0.15, 0.2) is 42.7 Å². The first-order valence-corrected chi connectivity index (χ1v) is 14.0. The summed E-state index contributed by atoms with van der Waals surface area (Å²) in [5.41, 5.74) is -0.578. The molecule has 17 heteroatoms. The SMILES string of the molecule is CCS(=O)(=O)NC(=O)c1cc(-c2cnc(Nc3cc(OC)cc(OC)c3)nc2-n2nc(C(F)(F)F)cc2C)cnc1OC. The highest BCUT2D eigenvalue weighted by molar-refractivity contribution is 7.90. The molecule has 0 unspecified atom stereocenters. The van der Waals surface area contributed by atoms with E-state index in [1.807, 2.05) is 4.72 Å². The van der Waals surface area contributed by atoms with Gasteiger partial charge in [0.15, 0.2) is 11.5 Å². The highest BCUT2D eigenvalue weighted by atomic mass is 32.2. The van der Waals surface area contributed by atoms with Crippen molar-refractivity contribution in [1.29, 1.82) is 0 Å². The van der Waals surface area contributed by atoms with Crippen molar-refractivity contribution in [3.05, 3.63) is 59.7 Å². The van der Waals surface area contributed by atoms with Gasteiger partial charge in [0.1, 0.15) is 17.1 Å². The number of methoxy groups -OCH3 is 3. The van der Waals surface area contributed by atoms with Crippen molar-refractivity contribution in [1.82, 2.24) is 29.5 Å². The molecular weight excluding hydrogens is 595 g/mol. The highest BCUT2D eigenvalue weighted by Gasteiger charge is 2.35. The van der Waals surface area contributed by atoms with Crippen molar-refractivity contribution < 1.29 is 40.6 Å². The van der Waals surface area contributed by atoms with Crippen LogP contribution in [0.2, 0.25) is 0 Å². The molecule has 13 nitrogen and oxygen atoms in total. The van der Waals surface area contributed by atoms with E-state index in [2.05, 4.69) is 25.4 Å². The summed E-state index contributed by atoms with van der Waals surface area (Å²) in [7, 11) is 0.236. The lowest BCUT2D eigenvalue weighted by molar-refractivity contribution is -0.141. The number of nitrogens with one attached hydrogen (secondary N) is 2. The minimum atomic E-state index is -4.74. The largest absolute Gasteiger partial charge is 0.497 e. The number of hydrogen-bond donors (Lipinski definition) is 2. The lowest BCUT2D eigenvalue weighted by Gasteiger charge is -2.15. The first-order chi connectivity index (χ1) is 20.3. The molecule has 2 N–H and O–H groups in total. The van der Waals surface area contributed by atoms with Crippen LogP contribution < -0.4 is 24.2 Å². The van der Waals surface area contributed by atoms with E-state index in [1.165, 1.54) is 53.6 Å². The fourth-order valence-electron chi connectivity index (χ4n) is 3.83. The highest BCUT2D eigenvalue weighted by Crippen LogP contribution is 2.34. The summed E-state index contributed by atoms with van der Waals surface area (Å²) in [6, 6.07) is 7.01. The van der Waals surface area contributed by atoms with Gasteiger partial charge < -0.3 is 19.5 Å². The third kappa shape index (κ3) is 6.94. The van der Waals surface area contributed by atoms with Crippen LogP contribution in [0, 0.1) is 6.92 Å². The van der Waals surface area contributed by atoms with E-state index in [9.17, 15) is 26.4 Å². The molecule has 228 valence electrons. The molecular formula is C26H26F3N7O6S. The molecule has 0 saturated carbocycles. The van der Waals surface area contributed by atoms with Crippen LogP contribution in [0.3, 0.4) is 0 Å². The number of rotatable bonds is 10. The summed E-state index contributed by atoms with van der Waals surface area (Å²) < 4.78 is 83.3. The van der Waals surface area contributed by atoms with Crippen LogP contribution in [0.4, 0.5) is 24.8 Å². The Labute approximate surface area is 244 Å². The molecule has 43 heavy (non-hydrogen) atoms. The minimum absolute atomic E-state index is 0.0222. The van der Waals surface area contributed by atoms with Crippen LogP contribution in [-0.4, -0.2) is 66.1 Å². The molecule has 1 amide bonds. The summed E-state index contributed by atoms with van der Waals surface area (Å²) in [4.78, 5) is 25.7. The predicted octanol–water partition coefficient (Wildman–Crippen LogP) is 3.90. The molecule has 0 saturated heterocycles. The molecule has 0 aliphatic carbocycles. The van der Waals surface area contributed by atoms with Gasteiger partial charge in [-0.1, -0.05) is 0 Å². The first-order valence-electron chi connectivity index (χ1n) is 12.4. The lowest BCUT2D eigenvalue weighted by atomic mass is 10.1. The van der Waals surface area contributed by atoms with Crippen molar-refractivity contribution in [2.45, 2.75) is 20.0 Å². The second-order valence-electron chi connectivity index (χ2n) is 8.85. The Balaban J connectivity index is 1.88. The molecule has 0 atom stereocenters. The summed E-state index contributed by atoms with van der Waals surface area (Å²) in [6.45, 7) is 2.76. The van der Waals surface area contributed by atoms with Gasteiger partial charge in [-0.15, -0.1) is 0 Å². The number of carbonyl (C=O) groups is 1. The summed E-state index contributed by atoms with van der Waals surface area (Å²) in [5.74, 6) is -0.774. The average molecular weight is 622 g/mol. The van der Waals surface area contributed by atoms with Gasteiger partial charge >= 0.3 is 6.18 Å². The molecule has 0 aliphatic heterocycles. The number of anilines is 2. The number of pyridine rings is 1. The molecule has 0 aliphatic rings. The topological polar surface area (TPSA) is 159 Å². The number of aryl methyl sites for hydroxylation is 1. The van der Waals surface area contributed by atoms with Crippen molar-refractivity contribution >= 4 is 27.6 Å². The van der Waals surface area contributed by atoms with E-state index in [1.54, 1.807) is 18.2 Å². The number of aromatic nitrogens is 5.